The van der Waals surface area contributed by atoms with Crippen LogP contribution in [0.15, 0.2) is 22.9 Å². The molecule has 114 valence electrons. The first-order chi connectivity index (χ1) is 9.91. The Morgan fingerprint density at radius 2 is 2.10 bits per heavy atom. The minimum atomic E-state index is -0.182. The molecule has 0 aliphatic carbocycles. The average molecular weight is 290 g/mol. The molecule has 0 bridgehead atoms. The minimum absolute atomic E-state index is 0.123. The lowest BCUT2D eigenvalue weighted by Gasteiger charge is -2.22. The standard InChI is InChI=1S/C15H22N4O2/c1-10(2)13-18-14(21-19-13)11-5-6-12(16-7-11)17-8-15(3,4)9-20/h5-7,10,20H,8-9H2,1-4H3,(H,16,17). The highest BCUT2D eigenvalue weighted by Crippen LogP contribution is 2.21. The van der Waals surface area contributed by atoms with Crippen LogP contribution in [0.1, 0.15) is 39.4 Å². The first-order valence-electron chi connectivity index (χ1n) is 7.06. The monoisotopic (exact) mass is 290 g/mol. The lowest BCUT2D eigenvalue weighted by Crippen LogP contribution is -2.27. The summed E-state index contributed by atoms with van der Waals surface area (Å²) in [7, 11) is 0. The minimum Gasteiger partial charge on any atom is -0.396 e. The van der Waals surface area contributed by atoms with E-state index >= 15 is 0 Å². The number of aliphatic hydroxyl groups excluding tert-OH is 1. The molecule has 2 rings (SSSR count). The molecule has 0 unspecified atom stereocenters. The van der Waals surface area contributed by atoms with Crippen molar-refractivity contribution in [3.8, 4) is 11.5 Å². The highest BCUT2D eigenvalue weighted by atomic mass is 16.5. The first-order valence-corrected chi connectivity index (χ1v) is 7.06. The summed E-state index contributed by atoms with van der Waals surface area (Å²) < 4.78 is 5.23. The van der Waals surface area contributed by atoms with Gasteiger partial charge in [0.1, 0.15) is 5.82 Å². The van der Waals surface area contributed by atoms with Gasteiger partial charge >= 0.3 is 0 Å². The summed E-state index contributed by atoms with van der Waals surface area (Å²) in [6.07, 6.45) is 1.70. The molecule has 2 heterocycles. The quantitative estimate of drug-likeness (QED) is 0.851. The summed E-state index contributed by atoms with van der Waals surface area (Å²) in [6, 6.07) is 3.75. The van der Waals surface area contributed by atoms with Gasteiger partial charge in [-0.1, -0.05) is 32.9 Å². The molecule has 6 nitrogen and oxygen atoms in total. The molecule has 6 heteroatoms. The van der Waals surface area contributed by atoms with Gasteiger partial charge in [-0.2, -0.15) is 4.98 Å². The molecule has 0 fully saturated rings. The number of rotatable bonds is 6. The summed E-state index contributed by atoms with van der Waals surface area (Å²) in [4.78, 5) is 8.66. The van der Waals surface area contributed by atoms with Gasteiger partial charge in [0, 0.05) is 30.7 Å². The van der Waals surface area contributed by atoms with Crippen LogP contribution in [0.4, 0.5) is 5.82 Å². The second-order valence-electron chi connectivity index (χ2n) is 6.22. The van der Waals surface area contributed by atoms with E-state index in [0.29, 0.717) is 18.3 Å². The van der Waals surface area contributed by atoms with Gasteiger partial charge in [-0.25, -0.2) is 4.98 Å². The summed E-state index contributed by atoms with van der Waals surface area (Å²) in [6.45, 7) is 8.78. The molecule has 2 N–H and O–H groups in total. The Hall–Kier alpha value is -1.95. The largest absolute Gasteiger partial charge is 0.396 e. The summed E-state index contributed by atoms with van der Waals surface area (Å²) in [5.74, 6) is 2.16. The van der Waals surface area contributed by atoms with E-state index in [2.05, 4.69) is 20.4 Å². The third-order valence-electron chi connectivity index (χ3n) is 3.14. The molecule has 0 aliphatic heterocycles. The molecule has 0 amide bonds. The molecule has 2 aromatic rings. The van der Waals surface area contributed by atoms with Crippen LogP contribution in [0.3, 0.4) is 0 Å². The molecule has 0 saturated carbocycles. The van der Waals surface area contributed by atoms with Crippen LogP contribution in [0.5, 0.6) is 0 Å². The molecular weight excluding hydrogens is 268 g/mol. The van der Waals surface area contributed by atoms with Crippen LogP contribution < -0.4 is 5.32 Å². The van der Waals surface area contributed by atoms with Gasteiger partial charge in [0.15, 0.2) is 5.82 Å². The summed E-state index contributed by atoms with van der Waals surface area (Å²) >= 11 is 0. The van der Waals surface area contributed by atoms with Crippen molar-refractivity contribution in [3.63, 3.8) is 0 Å². The number of nitrogens with one attached hydrogen (secondary N) is 1. The lowest BCUT2D eigenvalue weighted by molar-refractivity contribution is 0.170. The maximum atomic E-state index is 9.22. The predicted octanol–water partition coefficient (Wildman–Crippen LogP) is 2.69. The normalized spacial score (nSPS) is 11.9. The molecule has 0 atom stereocenters. The Labute approximate surface area is 124 Å². The van der Waals surface area contributed by atoms with Crippen LogP contribution in [-0.2, 0) is 0 Å². The van der Waals surface area contributed by atoms with Crippen LogP contribution >= 0.6 is 0 Å². The van der Waals surface area contributed by atoms with E-state index in [-0.39, 0.29) is 17.9 Å². The van der Waals surface area contributed by atoms with Crippen molar-refractivity contribution in [3.05, 3.63) is 24.2 Å². The smallest absolute Gasteiger partial charge is 0.259 e. The lowest BCUT2D eigenvalue weighted by atomic mass is 9.95. The van der Waals surface area contributed by atoms with Gasteiger partial charge in [-0.3, -0.25) is 0 Å². The molecular formula is C15H22N4O2. The van der Waals surface area contributed by atoms with Crippen LogP contribution in [0.2, 0.25) is 0 Å². The van der Waals surface area contributed by atoms with Gasteiger partial charge < -0.3 is 14.9 Å². The van der Waals surface area contributed by atoms with Crippen LogP contribution in [0, 0.1) is 5.41 Å². The number of pyridine rings is 1. The average Bonchev–Trinajstić information content (AvgIpc) is 2.96. The van der Waals surface area contributed by atoms with Gasteiger partial charge in [-0.05, 0) is 12.1 Å². The zero-order valence-corrected chi connectivity index (χ0v) is 12.9. The Morgan fingerprint density at radius 3 is 2.62 bits per heavy atom. The SMILES string of the molecule is CC(C)c1noc(-c2ccc(NCC(C)(C)CO)nc2)n1. The van der Waals surface area contributed by atoms with E-state index in [1.807, 2.05) is 39.8 Å². The van der Waals surface area contributed by atoms with Gasteiger partial charge in [0.2, 0.25) is 0 Å². The van der Waals surface area contributed by atoms with E-state index < -0.39 is 0 Å². The van der Waals surface area contributed by atoms with E-state index in [1.54, 1.807) is 6.20 Å². The van der Waals surface area contributed by atoms with Crippen LogP contribution in [0.25, 0.3) is 11.5 Å². The zero-order chi connectivity index (χ0) is 15.5. The predicted molar refractivity (Wildman–Crippen MR) is 81.0 cm³/mol. The van der Waals surface area contributed by atoms with Crippen molar-refractivity contribution in [1.29, 1.82) is 0 Å². The highest BCUT2D eigenvalue weighted by molar-refractivity contribution is 5.54. The van der Waals surface area contributed by atoms with Crippen molar-refractivity contribution in [2.45, 2.75) is 33.6 Å². The van der Waals surface area contributed by atoms with Crippen molar-refractivity contribution in [1.82, 2.24) is 15.1 Å². The van der Waals surface area contributed by atoms with Crippen molar-refractivity contribution < 1.29 is 9.63 Å². The van der Waals surface area contributed by atoms with E-state index in [4.69, 9.17) is 4.52 Å². The fourth-order valence-electron chi connectivity index (χ4n) is 1.60. The molecule has 0 saturated heterocycles. The van der Waals surface area contributed by atoms with E-state index in [9.17, 15) is 5.11 Å². The fourth-order valence-corrected chi connectivity index (χ4v) is 1.60. The van der Waals surface area contributed by atoms with E-state index in [1.165, 1.54) is 0 Å². The van der Waals surface area contributed by atoms with Crippen molar-refractivity contribution in [2.75, 3.05) is 18.5 Å². The Kier molecular flexibility index (Phi) is 4.57. The highest BCUT2D eigenvalue weighted by Gasteiger charge is 2.16. The number of nitrogens with zero attached hydrogens (tertiary/aromatic N) is 3. The first kappa shape index (κ1) is 15.4. The molecule has 0 aromatic carbocycles. The number of anilines is 1. The van der Waals surface area contributed by atoms with Gasteiger partial charge in [-0.15, -0.1) is 0 Å². The Bertz CT molecular complexity index is 576. The number of aliphatic hydroxyl groups is 1. The molecule has 0 radical (unpaired) electrons. The fraction of sp³-hybridized carbons (Fsp3) is 0.533. The van der Waals surface area contributed by atoms with Crippen molar-refractivity contribution >= 4 is 5.82 Å². The van der Waals surface area contributed by atoms with Crippen molar-refractivity contribution in [2.24, 2.45) is 5.41 Å². The molecule has 0 aliphatic rings. The maximum Gasteiger partial charge on any atom is 0.259 e. The zero-order valence-electron chi connectivity index (χ0n) is 12.9. The second-order valence-corrected chi connectivity index (χ2v) is 6.22. The second kappa shape index (κ2) is 6.22. The number of hydrogen-bond acceptors (Lipinski definition) is 6. The number of aromatic nitrogens is 3. The number of hydrogen-bond donors (Lipinski definition) is 2. The van der Waals surface area contributed by atoms with Crippen LogP contribution in [-0.4, -0.2) is 33.4 Å². The topological polar surface area (TPSA) is 84.1 Å². The maximum absolute atomic E-state index is 9.22. The molecule has 2 aromatic heterocycles. The van der Waals surface area contributed by atoms with Gasteiger partial charge in [0.05, 0.1) is 5.56 Å². The third-order valence-corrected chi connectivity index (χ3v) is 3.14. The molecule has 0 spiro atoms. The Morgan fingerprint density at radius 1 is 1.33 bits per heavy atom. The van der Waals surface area contributed by atoms with E-state index in [0.717, 1.165) is 11.4 Å². The molecule has 21 heavy (non-hydrogen) atoms. The summed E-state index contributed by atoms with van der Waals surface area (Å²) in [5.41, 5.74) is 0.611. The van der Waals surface area contributed by atoms with Gasteiger partial charge in [0.25, 0.3) is 5.89 Å². The summed E-state index contributed by atoms with van der Waals surface area (Å²) in [5, 5.41) is 16.4. The Balaban J connectivity index is 2.04. The third kappa shape index (κ3) is 4.01.